The lowest BCUT2D eigenvalue weighted by Gasteiger charge is -1.82. The first kappa shape index (κ1) is 17.6. The highest BCUT2D eigenvalue weighted by atomic mass is 32.3. The number of hydrogen-bond acceptors (Lipinski definition) is 3. The molecule has 0 aliphatic carbocycles. The van der Waals surface area contributed by atoms with Gasteiger partial charge in [0.1, 0.15) is 0 Å². The van der Waals surface area contributed by atoms with Crippen LogP contribution in [0.2, 0.25) is 0 Å². The van der Waals surface area contributed by atoms with E-state index in [9.17, 15) is 4.79 Å². The predicted octanol–water partition coefficient (Wildman–Crippen LogP) is -3.14. The lowest BCUT2D eigenvalue weighted by atomic mass is 11.0. The summed E-state index contributed by atoms with van der Waals surface area (Å²) < 4.78 is 31.6. The molecule has 0 bridgehead atoms. The fraction of sp³-hybridized carbons (Fsp3) is 0. The van der Waals surface area contributed by atoms with Crippen LogP contribution < -0.4 is 17.2 Å². The highest BCUT2D eigenvalue weighted by Crippen LogP contribution is 1.60. The minimum absolute atomic E-state index is 0. The van der Waals surface area contributed by atoms with Crippen molar-refractivity contribution in [1.29, 1.82) is 0 Å². The van der Waals surface area contributed by atoms with Crippen molar-refractivity contribution in [1.82, 2.24) is 0 Å². The summed E-state index contributed by atoms with van der Waals surface area (Å²) in [7, 11) is -4.67. The van der Waals surface area contributed by atoms with Crippen LogP contribution in [-0.2, 0) is 10.4 Å². The summed E-state index contributed by atoms with van der Waals surface area (Å²) in [5, 5.41) is 0. The molecule has 0 atom stereocenters. The summed E-state index contributed by atoms with van der Waals surface area (Å²) >= 11 is 0. The van der Waals surface area contributed by atoms with Gasteiger partial charge in [-0.1, -0.05) is 0 Å². The number of hydrogen-bond donors (Lipinski definition) is 5. The normalized spacial score (nSPS) is 8.46. The number of carbonyl (C=O) groups is 1. The monoisotopic (exact) mass is 218 g/mol. The molecule has 0 heterocycles. The van der Waals surface area contributed by atoms with Gasteiger partial charge >= 0.3 is 16.4 Å². The van der Waals surface area contributed by atoms with Crippen LogP contribution >= 0.6 is 0 Å². The van der Waals surface area contributed by atoms with Crippen LogP contribution in [0.5, 0.6) is 0 Å². The molecule has 0 aromatic heterocycles. The number of urea groups is 1. The fourth-order valence-corrected chi connectivity index (χ4v) is 0.127. The quantitative estimate of drug-likeness (QED) is 0.160. The predicted molar refractivity (Wildman–Crippen MR) is 43.2 cm³/mol. The Bertz CT molecular complexity index is 256. The Morgan fingerprint density at radius 2 is 1.38 bits per heavy atom. The number of primary amides is 1. The molecule has 0 rings (SSSR count). The van der Waals surface area contributed by atoms with E-state index >= 15 is 0 Å². The van der Waals surface area contributed by atoms with Gasteiger partial charge in [0, 0.05) is 0 Å². The standard InChI is InChI=1S/C2H6N4O.H2O4S.H2O/c3-1(4)6-2(5)7;1-5(2,3)4;/h(H6,3,4,5,6,7);(H2,1,2,3,4);1H2. The number of nitrogens with two attached hydrogens (primary N) is 3. The van der Waals surface area contributed by atoms with Gasteiger partial charge in [-0.2, -0.15) is 13.4 Å². The second-order valence-corrected chi connectivity index (χ2v) is 2.22. The number of nitrogens with zero attached hydrogens (tertiary/aromatic N) is 1. The molecule has 0 aliphatic rings. The van der Waals surface area contributed by atoms with E-state index in [0.717, 1.165) is 0 Å². The molecule has 80 valence electrons. The van der Waals surface area contributed by atoms with E-state index in [2.05, 4.69) is 10.7 Å². The maximum absolute atomic E-state index is 9.68. The smallest absolute Gasteiger partial charge is 0.394 e. The van der Waals surface area contributed by atoms with E-state index in [1.165, 1.54) is 0 Å². The van der Waals surface area contributed by atoms with Gasteiger partial charge in [-0.3, -0.25) is 9.11 Å². The molecule has 11 heteroatoms. The average Bonchev–Trinajstić information content (AvgIpc) is 1.52. The molecule has 0 saturated heterocycles. The molecule has 0 aromatic rings. The zero-order chi connectivity index (χ0) is 10.4. The van der Waals surface area contributed by atoms with Crippen LogP contribution in [0.3, 0.4) is 0 Å². The fourth-order valence-electron chi connectivity index (χ4n) is 0.127. The van der Waals surface area contributed by atoms with E-state index in [0.29, 0.717) is 0 Å². The molecule has 0 aliphatic heterocycles. The van der Waals surface area contributed by atoms with Crippen LogP contribution in [0.4, 0.5) is 4.79 Å². The topological polar surface area (TPSA) is 214 Å². The Balaban J connectivity index is -0.000000150. The van der Waals surface area contributed by atoms with Gasteiger partial charge in [-0.25, -0.2) is 4.79 Å². The molecule has 0 radical (unpaired) electrons. The maximum atomic E-state index is 9.68. The van der Waals surface area contributed by atoms with Crippen LogP contribution in [-0.4, -0.2) is 35.0 Å². The highest BCUT2D eigenvalue weighted by molar-refractivity contribution is 7.79. The van der Waals surface area contributed by atoms with Gasteiger partial charge in [-0.05, 0) is 0 Å². The van der Waals surface area contributed by atoms with Crippen LogP contribution in [0, 0.1) is 0 Å². The molecule has 0 spiro atoms. The summed E-state index contributed by atoms with van der Waals surface area (Å²) in [6, 6.07) is -0.875. The van der Waals surface area contributed by atoms with Crippen molar-refractivity contribution >= 4 is 22.4 Å². The van der Waals surface area contributed by atoms with Gasteiger partial charge in [0.25, 0.3) is 0 Å². The van der Waals surface area contributed by atoms with Crippen molar-refractivity contribution in [2.45, 2.75) is 0 Å². The number of aliphatic imine (C=N–C) groups is 1. The zero-order valence-electron chi connectivity index (χ0n) is 6.21. The molecule has 0 saturated carbocycles. The summed E-state index contributed by atoms with van der Waals surface area (Å²) in [6.45, 7) is 0. The third-order valence-corrected chi connectivity index (χ3v) is 0.239. The van der Waals surface area contributed by atoms with E-state index in [-0.39, 0.29) is 11.4 Å². The van der Waals surface area contributed by atoms with Crippen molar-refractivity contribution in [2.75, 3.05) is 0 Å². The second kappa shape index (κ2) is 7.23. The lowest BCUT2D eigenvalue weighted by molar-refractivity contribution is 0.256. The molecule has 10 N–H and O–H groups in total. The first-order valence-corrected chi connectivity index (χ1v) is 3.61. The Labute approximate surface area is 73.3 Å². The van der Waals surface area contributed by atoms with Gasteiger partial charge in [0.15, 0.2) is 5.96 Å². The first-order valence-electron chi connectivity index (χ1n) is 2.22. The molecule has 0 unspecified atom stereocenters. The molecular weight excluding hydrogens is 208 g/mol. The number of rotatable bonds is 0. The summed E-state index contributed by atoms with van der Waals surface area (Å²) in [6.07, 6.45) is 0. The average molecular weight is 218 g/mol. The van der Waals surface area contributed by atoms with Crippen LogP contribution in [0.25, 0.3) is 0 Å². The van der Waals surface area contributed by atoms with Gasteiger partial charge in [0.2, 0.25) is 0 Å². The van der Waals surface area contributed by atoms with Crippen molar-refractivity contribution in [2.24, 2.45) is 22.2 Å². The number of amides is 2. The maximum Gasteiger partial charge on any atom is 0.394 e. The van der Waals surface area contributed by atoms with E-state index in [1.54, 1.807) is 0 Å². The van der Waals surface area contributed by atoms with Crippen molar-refractivity contribution < 1.29 is 27.8 Å². The molecule has 0 aromatic carbocycles. The number of guanidine groups is 1. The summed E-state index contributed by atoms with van der Waals surface area (Å²) in [5.74, 6) is -0.312. The Hall–Kier alpha value is -1.43. The molecule has 2 amide bonds. The van der Waals surface area contributed by atoms with Crippen molar-refractivity contribution in [3.63, 3.8) is 0 Å². The van der Waals surface area contributed by atoms with Gasteiger partial charge in [0.05, 0.1) is 0 Å². The van der Waals surface area contributed by atoms with Crippen molar-refractivity contribution in [3.8, 4) is 0 Å². The third kappa shape index (κ3) is 118. The first-order chi connectivity index (χ1) is 5.13. The van der Waals surface area contributed by atoms with E-state index in [4.69, 9.17) is 29.0 Å². The van der Waals surface area contributed by atoms with Crippen molar-refractivity contribution in [3.05, 3.63) is 0 Å². The Kier molecular flexibility index (Phi) is 9.79. The largest absolute Gasteiger partial charge is 0.412 e. The minimum Gasteiger partial charge on any atom is -0.412 e. The number of carbonyl (C=O) groups excluding carboxylic acids is 1. The zero-order valence-corrected chi connectivity index (χ0v) is 7.02. The second-order valence-electron chi connectivity index (χ2n) is 1.32. The van der Waals surface area contributed by atoms with Crippen LogP contribution in [0.15, 0.2) is 4.99 Å². The Morgan fingerprint density at radius 3 is 1.38 bits per heavy atom. The lowest BCUT2D eigenvalue weighted by Crippen LogP contribution is -2.25. The molecule has 10 nitrogen and oxygen atoms in total. The summed E-state index contributed by atoms with van der Waals surface area (Å²) in [4.78, 5) is 12.6. The van der Waals surface area contributed by atoms with Crippen LogP contribution in [0.1, 0.15) is 0 Å². The molecule has 13 heavy (non-hydrogen) atoms. The molecule has 0 fully saturated rings. The van der Waals surface area contributed by atoms with Gasteiger partial charge in [-0.15, -0.1) is 0 Å². The van der Waals surface area contributed by atoms with E-state index in [1.807, 2.05) is 0 Å². The van der Waals surface area contributed by atoms with E-state index < -0.39 is 16.4 Å². The molecular formula is C2H10N4O6S. The highest BCUT2D eigenvalue weighted by Gasteiger charge is 1.84. The SMILES string of the molecule is NC(=O)N=C(N)N.O.O=S(=O)(O)O. The minimum atomic E-state index is -4.67. The summed E-state index contributed by atoms with van der Waals surface area (Å²) in [5.41, 5.74) is 13.9. The third-order valence-electron chi connectivity index (χ3n) is 0.239. The van der Waals surface area contributed by atoms with Gasteiger partial charge < -0.3 is 22.7 Å². The Morgan fingerprint density at radius 1 is 1.15 bits per heavy atom.